The summed E-state index contributed by atoms with van der Waals surface area (Å²) in [6, 6.07) is 0. The number of carbonyl (C=O) groups excluding carboxylic acids is 1. The zero-order valence-electron chi connectivity index (χ0n) is 6.65. The summed E-state index contributed by atoms with van der Waals surface area (Å²) in [7, 11) is -2.17. The van der Waals surface area contributed by atoms with Crippen molar-refractivity contribution in [2.24, 2.45) is 0 Å². The van der Waals surface area contributed by atoms with Crippen molar-refractivity contribution in [1.29, 1.82) is 0 Å². The Morgan fingerprint density at radius 1 is 1.07 bits per heavy atom. The number of carbonyl (C=O) groups is 3. The molecule has 0 saturated carbocycles. The van der Waals surface area contributed by atoms with Crippen molar-refractivity contribution in [3.05, 3.63) is 0 Å². The van der Waals surface area contributed by atoms with Crippen LogP contribution in [0.25, 0.3) is 0 Å². The first-order valence-corrected chi connectivity index (χ1v) is 2.93. The van der Waals surface area contributed by atoms with Gasteiger partial charge in [-0.2, -0.15) is 0 Å². The molecule has 0 fully saturated rings. The molecule has 80 valence electrons. The lowest BCUT2D eigenvalue weighted by Gasteiger charge is -1.94. The molecule has 0 rings (SSSR count). The van der Waals surface area contributed by atoms with Gasteiger partial charge < -0.3 is 30.0 Å². The Morgan fingerprint density at radius 2 is 1.43 bits per heavy atom. The summed E-state index contributed by atoms with van der Waals surface area (Å²) in [4.78, 5) is 29.3. The normalized spacial score (nSPS) is 7.93. The highest BCUT2D eigenvalue weighted by atomic mass is 16.6. The average molecular weight is 210 g/mol. The van der Waals surface area contributed by atoms with Crippen LogP contribution in [-0.4, -0.2) is 57.1 Å². The minimum absolute atomic E-state index is 0.925. The van der Waals surface area contributed by atoms with Gasteiger partial charge in [0.1, 0.15) is 0 Å². The maximum absolute atomic E-state index is 9.96. The first-order valence-electron chi connectivity index (χ1n) is 2.93. The highest BCUT2D eigenvalue weighted by Gasteiger charge is 2.13. The second-order valence-electron chi connectivity index (χ2n) is 1.62. The zero-order valence-corrected chi connectivity index (χ0v) is 6.65. The molecule has 0 saturated heterocycles. The number of carboxylic acid groups (broad SMARTS) is 2. The van der Waals surface area contributed by atoms with Crippen LogP contribution < -0.4 is 0 Å². The van der Waals surface area contributed by atoms with E-state index in [1.54, 1.807) is 0 Å². The van der Waals surface area contributed by atoms with E-state index < -0.39 is 31.8 Å². The first-order chi connectivity index (χ1) is 6.27. The summed E-state index contributed by atoms with van der Waals surface area (Å²) in [6.45, 7) is -0.925. The lowest BCUT2D eigenvalue weighted by Crippen LogP contribution is -2.20. The molecule has 0 aromatic rings. The first kappa shape index (κ1) is 14.9. The molecule has 14 heavy (non-hydrogen) atoms. The van der Waals surface area contributed by atoms with E-state index in [-0.39, 0.29) is 0 Å². The largest absolute Gasteiger partial charge is 0.631 e. The fourth-order valence-corrected chi connectivity index (χ4v) is 0.189. The number of ether oxygens (including phenoxy) is 1. The van der Waals surface area contributed by atoms with Crippen molar-refractivity contribution in [2.45, 2.75) is 0 Å². The van der Waals surface area contributed by atoms with Crippen LogP contribution in [0, 0.1) is 0 Å². The van der Waals surface area contributed by atoms with Gasteiger partial charge in [-0.15, -0.1) is 0 Å². The van der Waals surface area contributed by atoms with Gasteiger partial charge in [0.05, 0.1) is 0 Å². The van der Waals surface area contributed by atoms with Crippen LogP contribution in [0.2, 0.25) is 0 Å². The minimum atomic E-state index is -2.17. The fraction of sp³-hybridized carbons (Fsp3) is 0.250. The Balaban J connectivity index is 0. The van der Waals surface area contributed by atoms with Gasteiger partial charge in [-0.1, -0.05) is 0 Å². The van der Waals surface area contributed by atoms with Crippen LogP contribution >= 0.6 is 0 Å². The van der Waals surface area contributed by atoms with E-state index in [1.165, 1.54) is 0 Å². The van der Waals surface area contributed by atoms with Gasteiger partial charge in [-0.05, 0) is 0 Å². The second-order valence-corrected chi connectivity index (χ2v) is 1.62. The summed E-state index contributed by atoms with van der Waals surface area (Å²) in [5.41, 5.74) is 0. The smallest absolute Gasteiger partial charge is 0.479 e. The average Bonchev–Trinajstić information content (AvgIpc) is 1.98. The van der Waals surface area contributed by atoms with Gasteiger partial charge in [0.25, 0.3) is 0 Å². The van der Waals surface area contributed by atoms with Crippen LogP contribution in [0.4, 0.5) is 0 Å². The van der Waals surface area contributed by atoms with Crippen molar-refractivity contribution >= 4 is 25.2 Å². The monoisotopic (exact) mass is 210 g/mol. The number of rotatable bonds is 2. The molecule has 0 aromatic carbocycles. The van der Waals surface area contributed by atoms with Crippen LogP contribution in [-0.2, 0) is 19.1 Å². The molecule has 5 N–H and O–H groups in total. The third-order valence-electron chi connectivity index (χ3n) is 0.501. The Kier molecular flexibility index (Phi) is 8.46. The maximum atomic E-state index is 9.96. The molecule has 0 aliphatic carbocycles. The summed E-state index contributed by atoms with van der Waals surface area (Å²) >= 11 is 0. The standard InChI is InChI=1S/C4H4O6.BH3O3/c5-2(6)1-10-4(9)3(7)8;2-1(3)4/h1H2,(H,5,6)(H,7,8);2-4H. The Hall–Kier alpha value is -1.65. The zero-order chi connectivity index (χ0) is 11.7. The number of carboxylic acids is 2. The van der Waals surface area contributed by atoms with Crippen molar-refractivity contribution < 1.29 is 44.4 Å². The Bertz CT molecular complexity index is 208. The van der Waals surface area contributed by atoms with Gasteiger partial charge in [-0.25, -0.2) is 14.4 Å². The van der Waals surface area contributed by atoms with E-state index >= 15 is 0 Å². The van der Waals surface area contributed by atoms with E-state index in [2.05, 4.69) is 4.74 Å². The summed E-state index contributed by atoms with van der Waals surface area (Å²) in [6.07, 6.45) is 0. The van der Waals surface area contributed by atoms with E-state index in [0.717, 1.165) is 0 Å². The molecule has 0 atom stereocenters. The van der Waals surface area contributed by atoms with Gasteiger partial charge in [0.15, 0.2) is 6.61 Å². The van der Waals surface area contributed by atoms with E-state index in [0.29, 0.717) is 0 Å². The molecule has 0 radical (unpaired) electrons. The minimum Gasteiger partial charge on any atom is -0.479 e. The number of hydrogen-bond acceptors (Lipinski definition) is 7. The van der Waals surface area contributed by atoms with Gasteiger partial charge in [0.2, 0.25) is 0 Å². The van der Waals surface area contributed by atoms with Crippen LogP contribution in [0.3, 0.4) is 0 Å². The summed E-state index contributed by atoms with van der Waals surface area (Å²) in [5, 5.41) is 37.2. The summed E-state index contributed by atoms with van der Waals surface area (Å²) in [5.74, 6) is -4.77. The van der Waals surface area contributed by atoms with Crippen molar-refractivity contribution in [3.63, 3.8) is 0 Å². The van der Waals surface area contributed by atoms with Crippen molar-refractivity contribution in [3.8, 4) is 0 Å². The van der Waals surface area contributed by atoms with Crippen molar-refractivity contribution in [1.82, 2.24) is 0 Å². The molecule has 0 aliphatic heterocycles. The fourth-order valence-electron chi connectivity index (χ4n) is 0.189. The highest BCUT2D eigenvalue weighted by Crippen LogP contribution is 1.77. The molecule has 10 heteroatoms. The topological polar surface area (TPSA) is 162 Å². The Labute approximate surface area is 77.3 Å². The molecule has 0 bridgehead atoms. The molecule has 9 nitrogen and oxygen atoms in total. The maximum Gasteiger partial charge on any atom is 0.631 e. The molecular formula is C4H7BO9. The molecular weight excluding hydrogens is 203 g/mol. The van der Waals surface area contributed by atoms with Gasteiger partial charge >= 0.3 is 25.2 Å². The predicted molar refractivity (Wildman–Crippen MR) is 38.6 cm³/mol. The molecule has 0 spiro atoms. The molecule has 0 aliphatic rings. The number of esters is 1. The number of aliphatic carboxylic acids is 2. The lowest BCUT2D eigenvalue weighted by atomic mass is 10.3. The third kappa shape index (κ3) is 16.8. The van der Waals surface area contributed by atoms with Crippen LogP contribution in [0.15, 0.2) is 0 Å². The number of hydrogen-bond donors (Lipinski definition) is 5. The van der Waals surface area contributed by atoms with Crippen LogP contribution in [0.5, 0.6) is 0 Å². The van der Waals surface area contributed by atoms with E-state index in [9.17, 15) is 14.4 Å². The lowest BCUT2D eigenvalue weighted by molar-refractivity contribution is -0.167. The molecule has 0 amide bonds. The third-order valence-corrected chi connectivity index (χ3v) is 0.501. The van der Waals surface area contributed by atoms with E-state index in [4.69, 9.17) is 25.3 Å². The van der Waals surface area contributed by atoms with Crippen molar-refractivity contribution in [2.75, 3.05) is 6.61 Å². The molecule has 0 heterocycles. The predicted octanol–water partition coefficient (Wildman–Crippen LogP) is -3.35. The molecule has 0 aromatic heterocycles. The highest BCUT2D eigenvalue weighted by molar-refractivity contribution is 6.30. The summed E-state index contributed by atoms with van der Waals surface area (Å²) < 4.78 is 3.73. The van der Waals surface area contributed by atoms with E-state index in [1.807, 2.05) is 0 Å². The SMILES string of the molecule is O=C(O)COC(=O)C(=O)O.OB(O)O. The van der Waals surface area contributed by atoms with Gasteiger partial charge in [0, 0.05) is 0 Å². The molecule has 0 unspecified atom stereocenters. The quantitative estimate of drug-likeness (QED) is 0.178. The van der Waals surface area contributed by atoms with Crippen LogP contribution in [0.1, 0.15) is 0 Å². The second kappa shape index (κ2) is 7.98. The van der Waals surface area contributed by atoms with Gasteiger partial charge in [-0.3, -0.25) is 0 Å². The Morgan fingerprint density at radius 3 is 1.64 bits per heavy atom.